The maximum absolute atomic E-state index is 10.5. The molecule has 1 N–H and O–H groups in total. The van der Waals surface area contributed by atoms with Gasteiger partial charge >= 0.3 is 0 Å². The second kappa shape index (κ2) is 4.84. The summed E-state index contributed by atoms with van der Waals surface area (Å²) in [4.78, 5) is 0. The van der Waals surface area contributed by atoms with E-state index in [1.165, 1.54) is 18.4 Å². The summed E-state index contributed by atoms with van der Waals surface area (Å²) in [5, 5.41) is 10.5. The van der Waals surface area contributed by atoms with Crippen LogP contribution in [-0.2, 0) is 11.8 Å². The molecule has 0 aromatic heterocycles. The third-order valence-electron chi connectivity index (χ3n) is 6.58. The van der Waals surface area contributed by atoms with Crippen molar-refractivity contribution in [1.82, 2.24) is 0 Å². The monoisotopic (exact) mass is 286 g/mol. The zero-order chi connectivity index (χ0) is 15.4. The molecular weight excluding hydrogens is 256 g/mol. The quantitative estimate of drug-likeness (QED) is 0.785. The lowest BCUT2D eigenvalue weighted by Crippen LogP contribution is -2.53. The van der Waals surface area contributed by atoms with E-state index in [1.807, 2.05) is 0 Å². The van der Waals surface area contributed by atoms with Crippen molar-refractivity contribution in [3.05, 3.63) is 34.9 Å². The van der Waals surface area contributed by atoms with Crippen LogP contribution in [0.5, 0.6) is 0 Å². The van der Waals surface area contributed by atoms with Gasteiger partial charge in [-0.3, -0.25) is 0 Å². The molecule has 0 aliphatic heterocycles. The largest absolute Gasteiger partial charge is 0.393 e. The molecule has 2 aliphatic carbocycles. The molecule has 0 spiro atoms. The van der Waals surface area contributed by atoms with Crippen LogP contribution in [-0.4, -0.2) is 11.2 Å². The first kappa shape index (κ1) is 15.1. The third-order valence-corrected chi connectivity index (χ3v) is 6.58. The van der Waals surface area contributed by atoms with Crippen LogP contribution in [0.15, 0.2) is 18.2 Å². The second-order valence-corrected chi connectivity index (χ2v) is 8.46. The maximum Gasteiger partial charge on any atom is 0.0594 e. The lowest BCUT2D eigenvalue weighted by Gasteiger charge is -2.56. The minimum absolute atomic E-state index is 0.0263. The van der Waals surface area contributed by atoms with E-state index >= 15 is 0 Å². The molecule has 1 saturated carbocycles. The molecule has 0 amide bonds. The summed E-state index contributed by atoms with van der Waals surface area (Å²) in [6.07, 6.45) is 4.30. The Morgan fingerprint density at radius 3 is 2.52 bits per heavy atom. The fourth-order valence-corrected chi connectivity index (χ4v) is 5.05. The molecule has 0 radical (unpaired) electrons. The molecule has 0 saturated heterocycles. The highest BCUT2D eigenvalue weighted by Gasteiger charge is 2.53. The maximum atomic E-state index is 10.5. The number of benzene rings is 1. The van der Waals surface area contributed by atoms with Gasteiger partial charge < -0.3 is 5.11 Å². The summed E-state index contributed by atoms with van der Waals surface area (Å²) >= 11 is 0. The first-order valence-corrected chi connectivity index (χ1v) is 8.58. The molecule has 1 aromatic carbocycles. The Hall–Kier alpha value is -0.820. The molecule has 1 fully saturated rings. The van der Waals surface area contributed by atoms with Gasteiger partial charge in [-0.2, -0.15) is 0 Å². The van der Waals surface area contributed by atoms with Gasteiger partial charge in [-0.1, -0.05) is 52.8 Å². The van der Waals surface area contributed by atoms with Crippen LogP contribution in [0, 0.1) is 11.3 Å². The SMILES string of the molecule is CC(C)c1ccc2c(c1)[C@@]1(C)CCC(O)C(C)(C)[C@@H]1CC2. The summed E-state index contributed by atoms with van der Waals surface area (Å²) in [6, 6.07) is 7.15. The number of aliphatic hydroxyl groups excluding tert-OH is 1. The van der Waals surface area contributed by atoms with Crippen molar-refractivity contribution in [3.8, 4) is 0 Å². The van der Waals surface area contributed by atoms with Gasteiger partial charge in [0.2, 0.25) is 0 Å². The molecule has 3 rings (SSSR count). The predicted octanol–water partition coefficient (Wildman–Crippen LogP) is 4.81. The van der Waals surface area contributed by atoms with Crippen LogP contribution in [0.3, 0.4) is 0 Å². The molecule has 2 aliphatic rings. The summed E-state index contributed by atoms with van der Waals surface area (Å²) in [7, 11) is 0. The number of aliphatic hydroxyl groups is 1. The first-order valence-electron chi connectivity index (χ1n) is 8.58. The molecule has 0 bridgehead atoms. The van der Waals surface area contributed by atoms with E-state index in [9.17, 15) is 5.11 Å². The van der Waals surface area contributed by atoms with Crippen molar-refractivity contribution in [2.45, 2.75) is 77.7 Å². The van der Waals surface area contributed by atoms with Gasteiger partial charge in [0.15, 0.2) is 0 Å². The van der Waals surface area contributed by atoms with Crippen molar-refractivity contribution in [3.63, 3.8) is 0 Å². The van der Waals surface area contributed by atoms with Crippen LogP contribution in [0.4, 0.5) is 0 Å². The van der Waals surface area contributed by atoms with Crippen molar-refractivity contribution >= 4 is 0 Å². The van der Waals surface area contributed by atoms with Gasteiger partial charge in [-0.25, -0.2) is 0 Å². The molecule has 3 atom stereocenters. The van der Waals surface area contributed by atoms with Crippen LogP contribution >= 0.6 is 0 Å². The van der Waals surface area contributed by atoms with E-state index in [0.29, 0.717) is 11.8 Å². The van der Waals surface area contributed by atoms with Crippen molar-refractivity contribution < 1.29 is 5.11 Å². The first-order chi connectivity index (χ1) is 9.76. The predicted molar refractivity (Wildman–Crippen MR) is 88.7 cm³/mol. The Morgan fingerprint density at radius 1 is 1.14 bits per heavy atom. The summed E-state index contributed by atoms with van der Waals surface area (Å²) in [6.45, 7) is 11.6. The van der Waals surface area contributed by atoms with E-state index < -0.39 is 0 Å². The smallest absolute Gasteiger partial charge is 0.0594 e. The molecule has 21 heavy (non-hydrogen) atoms. The topological polar surface area (TPSA) is 20.2 Å². The molecule has 116 valence electrons. The van der Waals surface area contributed by atoms with Gasteiger partial charge in [0, 0.05) is 0 Å². The Balaban J connectivity index is 2.10. The zero-order valence-electron chi connectivity index (χ0n) is 14.2. The van der Waals surface area contributed by atoms with Gasteiger partial charge in [-0.15, -0.1) is 0 Å². The third kappa shape index (κ3) is 2.16. The van der Waals surface area contributed by atoms with Crippen LogP contribution in [0.2, 0.25) is 0 Å². The lowest BCUT2D eigenvalue weighted by molar-refractivity contribution is -0.0731. The van der Waals surface area contributed by atoms with Crippen molar-refractivity contribution in [1.29, 1.82) is 0 Å². The summed E-state index contributed by atoms with van der Waals surface area (Å²) in [5.41, 5.74) is 4.84. The van der Waals surface area contributed by atoms with Gasteiger partial charge in [0.1, 0.15) is 0 Å². The summed E-state index contributed by atoms with van der Waals surface area (Å²) < 4.78 is 0. The summed E-state index contributed by atoms with van der Waals surface area (Å²) in [5.74, 6) is 1.17. The molecule has 1 nitrogen and oxygen atoms in total. The number of hydrogen-bond donors (Lipinski definition) is 1. The molecule has 1 aromatic rings. The normalized spacial score (nSPS) is 34.4. The van der Waals surface area contributed by atoms with Crippen LogP contribution < -0.4 is 0 Å². The van der Waals surface area contributed by atoms with Gasteiger partial charge in [-0.05, 0) is 65.0 Å². The zero-order valence-corrected chi connectivity index (χ0v) is 14.2. The Labute approximate surface area is 129 Å². The Bertz CT molecular complexity index is 543. The number of fused-ring (bicyclic) bond motifs is 3. The van der Waals surface area contributed by atoms with Crippen molar-refractivity contribution in [2.24, 2.45) is 11.3 Å². The number of hydrogen-bond acceptors (Lipinski definition) is 1. The molecule has 0 heterocycles. The minimum Gasteiger partial charge on any atom is -0.393 e. The van der Waals surface area contributed by atoms with E-state index in [0.717, 1.165) is 12.8 Å². The minimum atomic E-state index is -0.148. The van der Waals surface area contributed by atoms with Gasteiger partial charge in [0.25, 0.3) is 0 Å². The van der Waals surface area contributed by atoms with Crippen LogP contribution in [0.25, 0.3) is 0 Å². The van der Waals surface area contributed by atoms with E-state index in [2.05, 4.69) is 52.8 Å². The lowest BCUT2D eigenvalue weighted by atomic mass is 9.49. The fraction of sp³-hybridized carbons (Fsp3) is 0.700. The number of aryl methyl sites for hydroxylation is 1. The highest BCUT2D eigenvalue weighted by molar-refractivity contribution is 5.42. The van der Waals surface area contributed by atoms with Crippen LogP contribution in [0.1, 0.15) is 76.5 Å². The highest BCUT2D eigenvalue weighted by atomic mass is 16.3. The number of rotatable bonds is 1. The Kier molecular flexibility index (Phi) is 3.48. The van der Waals surface area contributed by atoms with E-state index in [1.54, 1.807) is 11.1 Å². The van der Waals surface area contributed by atoms with Crippen molar-refractivity contribution in [2.75, 3.05) is 0 Å². The second-order valence-electron chi connectivity index (χ2n) is 8.46. The average Bonchev–Trinajstić information content (AvgIpc) is 2.43. The van der Waals surface area contributed by atoms with E-state index in [-0.39, 0.29) is 16.9 Å². The van der Waals surface area contributed by atoms with E-state index in [4.69, 9.17) is 0 Å². The highest BCUT2D eigenvalue weighted by Crippen LogP contribution is 2.57. The molecule has 1 unspecified atom stereocenters. The molecule has 1 heteroatoms. The fourth-order valence-electron chi connectivity index (χ4n) is 5.05. The standard InChI is InChI=1S/C20H30O/c1-13(2)15-7-6-14-8-9-17-19(3,4)18(21)10-11-20(17,5)16(14)12-15/h6-7,12-13,17-18,21H,8-11H2,1-5H3/t17-,18?,20+/m0/s1. The Morgan fingerprint density at radius 2 is 1.86 bits per heavy atom. The van der Waals surface area contributed by atoms with Gasteiger partial charge in [0.05, 0.1) is 6.10 Å². The average molecular weight is 286 g/mol. The molecular formula is C20H30O.